The highest BCUT2D eigenvalue weighted by Crippen LogP contribution is 2.29. The first-order valence-electron chi connectivity index (χ1n) is 9.33. The highest BCUT2D eigenvalue weighted by Gasteiger charge is 2.49. The van der Waals surface area contributed by atoms with E-state index < -0.39 is 35.7 Å². The number of halogens is 1. The fourth-order valence-corrected chi connectivity index (χ4v) is 3.21. The van der Waals surface area contributed by atoms with Crippen molar-refractivity contribution in [3.63, 3.8) is 0 Å². The van der Waals surface area contributed by atoms with Crippen LogP contribution in [-0.2, 0) is 21.7 Å². The Bertz CT molecular complexity index is 932. The van der Waals surface area contributed by atoms with Gasteiger partial charge in [0.2, 0.25) is 5.91 Å². The fraction of sp³-hybridized carbons (Fsp3) is 0.286. The number of hydrogen-bond acceptors (Lipinski definition) is 4. The van der Waals surface area contributed by atoms with Gasteiger partial charge >= 0.3 is 6.03 Å². The van der Waals surface area contributed by atoms with Crippen LogP contribution in [0.5, 0.6) is 0 Å². The van der Waals surface area contributed by atoms with Crippen LogP contribution in [0.3, 0.4) is 0 Å². The Labute approximate surface area is 168 Å². The molecule has 1 fully saturated rings. The number of para-hydroxylation sites is 1. The Kier molecular flexibility index (Phi) is 5.93. The Hall–Kier alpha value is -3.26. The molecule has 1 aliphatic heterocycles. The van der Waals surface area contributed by atoms with Crippen LogP contribution in [-0.4, -0.2) is 35.8 Å². The van der Waals surface area contributed by atoms with Gasteiger partial charge in [-0.3, -0.25) is 14.5 Å². The van der Waals surface area contributed by atoms with Crippen molar-refractivity contribution in [3.05, 3.63) is 65.5 Å². The number of rotatable bonds is 7. The van der Waals surface area contributed by atoms with Crippen LogP contribution >= 0.6 is 0 Å². The largest absolute Gasteiger partial charge is 0.325 e. The van der Waals surface area contributed by atoms with Crippen LogP contribution in [0, 0.1) is 5.82 Å². The number of amides is 4. The summed E-state index contributed by atoms with van der Waals surface area (Å²) in [6.07, 6.45) is 0. The fourth-order valence-electron chi connectivity index (χ4n) is 3.21. The molecule has 2 aromatic carbocycles. The molecule has 0 aromatic heterocycles. The third-order valence-corrected chi connectivity index (χ3v) is 4.86. The summed E-state index contributed by atoms with van der Waals surface area (Å²) in [6.45, 7) is 4.46. The third-order valence-electron chi connectivity index (χ3n) is 4.86. The SMILES string of the molecule is CCNCc1ccccc1NC(=O)CN1C(=O)NC(C)(c2ccc(F)cc2)C1=O. The molecule has 1 heterocycles. The average Bonchev–Trinajstić information content (AvgIpc) is 2.91. The van der Waals surface area contributed by atoms with Gasteiger partial charge in [-0.25, -0.2) is 9.18 Å². The highest BCUT2D eigenvalue weighted by molar-refractivity contribution is 6.10. The number of carbonyl (C=O) groups is 3. The van der Waals surface area contributed by atoms with Crippen molar-refractivity contribution in [1.29, 1.82) is 0 Å². The van der Waals surface area contributed by atoms with Crippen LogP contribution < -0.4 is 16.0 Å². The van der Waals surface area contributed by atoms with Crippen molar-refractivity contribution in [1.82, 2.24) is 15.5 Å². The van der Waals surface area contributed by atoms with Crippen molar-refractivity contribution in [2.75, 3.05) is 18.4 Å². The smallest absolute Gasteiger partial charge is 0.324 e. The molecule has 1 atom stereocenters. The molecule has 0 bridgehead atoms. The topological polar surface area (TPSA) is 90.5 Å². The Morgan fingerprint density at radius 1 is 1.14 bits per heavy atom. The zero-order chi connectivity index (χ0) is 21.0. The molecule has 1 saturated heterocycles. The lowest BCUT2D eigenvalue weighted by Gasteiger charge is -2.22. The van der Waals surface area contributed by atoms with Crippen LogP contribution in [0.25, 0.3) is 0 Å². The molecular formula is C21H23FN4O3. The van der Waals surface area contributed by atoms with Gasteiger partial charge in [-0.1, -0.05) is 37.3 Å². The van der Waals surface area contributed by atoms with Gasteiger partial charge in [-0.2, -0.15) is 0 Å². The maximum Gasteiger partial charge on any atom is 0.325 e. The van der Waals surface area contributed by atoms with Gasteiger partial charge in [-0.15, -0.1) is 0 Å². The maximum absolute atomic E-state index is 13.2. The number of benzene rings is 2. The maximum atomic E-state index is 13.2. The van der Waals surface area contributed by atoms with E-state index in [0.29, 0.717) is 17.8 Å². The minimum atomic E-state index is -1.35. The van der Waals surface area contributed by atoms with Gasteiger partial charge in [0.15, 0.2) is 0 Å². The minimum absolute atomic E-state index is 0.420. The minimum Gasteiger partial charge on any atom is -0.324 e. The summed E-state index contributed by atoms with van der Waals surface area (Å²) >= 11 is 0. The summed E-state index contributed by atoms with van der Waals surface area (Å²) in [7, 11) is 0. The average molecular weight is 398 g/mol. The second kappa shape index (κ2) is 8.40. The summed E-state index contributed by atoms with van der Waals surface area (Å²) in [5.41, 5.74) is 0.604. The molecule has 152 valence electrons. The normalized spacial score (nSPS) is 18.7. The van der Waals surface area contributed by atoms with E-state index in [1.807, 2.05) is 19.1 Å². The molecule has 7 nitrogen and oxygen atoms in total. The number of nitrogens with zero attached hydrogens (tertiary/aromatic N) is 1. The Balaban J connectivity index is 1.72. The molecule has 3 rings (SSSR count). The number of anilines is 1. The number of nitrogens with one attached hydrogen (secondary N) is 3. The second-order valence-electron chi connectivity index (χ2n) is 6.94. The van der Waals surface area contributed by atoms with Gasteiger partial charge in [0.25, 0.3) is 5.91 Å². The van der Waals surface area contributed by atoms with Crippen LogP contribution in [0.2, 0.25) is 0 Å². The molecule has 8 heteroatoms. The summed E-state index contributed by atoms with van der Waals surface area (Å²) in [5, 5.41) is 8.55. The van der Waals surface area contributed by atoms with E-state index in [1.54, 1.807) is 12.1 Å². The molecule has 1 unspecified atom stereocenters. The van der Waals surface area contributed by atoms with Crippen molar-refractivity contribution in [3.8, 4) is 0 Å². The zero-order valence-electron chi connectivity index (χ0n) is 16.3. The highest BCUT2D eigenvalue weighted by atomic mass is 19.1. The first-order valence-corrected chi connectivity index (χ1v) is 9.33. The molecule has 0 radical (unpaired) electrons. The van der Waals surface area contributed by atoms with Gasteiger partial charge < -0.3 is 16.0 Å². The first kappa shape index (κ1) is 20.5. The van der Waals surface area contributed by atoms with Gasteiger partial charge in [0.1, 0.15) is 17.9 Å². The van der Waals surface area contributed by atoms with Crippen molar-refractivity contribution < 1.29 is 18.8 Å². The summed E-state index contributed by atoms with van der Waals surface area (Å²) in [6, 6.07) is 12.0. The summed E-state index contributed by atoms with van der Waals surface area (Å²) in [4.78, 5) is 38.6. The van der Waals surface area contributed by atoms with E-state index in [9.17, 15) is 18.8 Å². The number of imide groups is 1. The molecule has 2 aromatic rings. The molecule has 4 amide bonds. The lowest BCUT2D eigenvalue weighted by Crippen LogP contribution is -2.42. The van der Waals surface area contributed by atoms with E-state index in [0.717, 1.165) is 17.0 Å². The Morgan fingerprint density at radius 2 is 1.83 bits per heavy atom. The van der Waals surface area contributed by atoms with E-state index in [-0.39, 0.29) is 0 Å². The van der Waals surface area contributed by atoms with Crippen molar-refractivity contribution in [2.45, 2.75) is 25.9 Å². The van der Waals surface area contributed by atoms with Gasteiger partial charge in [-0.05, 0) is 42.8 Å². The molecule has 0 spiro atoms. The standard InChI is InChI=1S/C21H23FN4O3/c1-3-23-12-14-6-4-5-7-17(14)24-18(27)13-26-19(28)21(2,25-20(26)29)15-8-10-16(22)11-9-15/h4-11,23H,3,12-13H2,1-2H3,(H,24,27)(H,25,29). The van der Waals surface area contributed by atoms with Gasteiger partial charge in [0, 0.05) is 12.2 Å². The predicted molar refractivity (Wildman–Crippen MR) is 106 cm³/mol. The first-order chi connectivity index (χ1) is 13.8. The van der Waals surface area contributed by atoms with E-state index in [4.69, 9.17) is 0 Å². The predicted octanol–water partition coefficient (Wildman–Crippen LogP) is 2.34. The molecule has 0 saturated carbocycles. The molecule has 1 aliphatic rings. The van der Waals surface area contributed by atoms with Crippen LogP contribution in [0.15, 0.2) is 48.5 Å². The number of hydrogen-bond donors (Lipinski definition) is 3. The molecule has 29 heavy (non-hydrogen) atoms. The molecule has 3 N–H and O–H groups in total. The monoisotopic (exact) mass is 398 g/mol. The number of carbonyl (C=O) groups excluding carboxylic acids is 3. The van der Waals surface area contributed by atoms with E-state index in [2.05, 4.69) is 16.0 Å². The van der Waals surface area contributed by atoms with E-state index in [1.165, 1.54) is 31.2 Å². The van der Waals surface area contributed by atoms with Gasteiger partial charge in [0.05, 0.1) is 0 Å². The van der Waals surface area contributed by atoms with E-state index >= 15 is 0 Å². The lowest BCUT2D eigenvalue weighted by molar-refractivity contribution is -0.133. The Morgan fingerprint density at radius 3 is 2.52 bits per heavy atom. The molecule has 0 aliphatic carbocycles. The summed E-state index contributed by atoms with van der Waals surface area (Å²) < 4.78 is 13.2. The third kappa shape index (κ3) is 4.27. The van der Waals surface area contributed by atoms with Crippen LogP contribution in [0.4, 0.5) is 14.9 Å². The second-order valence-corrected chi connectivity index (χ2v) is 6.94. The van der Waals surface area contributed by atoms with Crippen LogP contribution in [0.1, 0.15) is 25.0 Å². The van der Waals surface area contributed by atoms with Crippen molar-refractivity contribution >= 4 is 23.5 Å². The quantitative estimate of drug-likeness (QED) is 0.625. The van der Waals surface area contributed by atoms with Crippen molar-refractivity contribution in [2.24, 2.45) is 0 Å². The summed E-state index contributed by atoms with van der Waals surface area (Å²) in [5.74, 6) is -1.49. The number of urea groups is 1. The molecular weight excluding hydrogens is 375 g/mol. The zero-order valence-corrected chi connectivity index (χ0v) is 16.3. The lowest BCUT2D eigenvalue weighted by atomic mass is 9.92.